The molecule has 0 fully saturated rings. The maximum atomic E-state index is 5.18. The molecule has 96 valence electrons. The van der Waals surface area contributed by atoms with Crippen molar-refractivity contribution < 1.29 is 4.74 Å². The topological polar surface area (TPSA) is 39.4 Å². The van der Waals surface area contributed by atoms with Crippen LogP contribution >= 0.6 is 0 Å². The molecule has 0 amide bonds. The van der Waals surface area contributed by atoms with Gasteiger partial charge in [0.1, 0.15) is 5.75 Å². The van der Waals surface area contributed by atoms with Crippen LogP contribution in [0.25, 0.3) is 0 Å². The van der Waals surface area contributed by atoms with Crippen molar-refractivity contribution in [2.24, 2.45) is 12.0 Å². The molecule has 0 aliphatic heterocycles. The van der Waals surface area contributed by atoms with Crippen molar-refractivity contribution >= 4 is 6.72 Å². The van der Waals surface area contributed by atoms with Crippen LogP contribution < -0.4 is 4.74 Å². The maximum absolute atomic E-state index is 5.18. The van der Waals surface area contributed by atoms with E-state index in [0.29, 0.717) is 0 Å². The zero-order valence-electron chi connectivity index (χ0n) is 11.1. The Morgan fingerprint density at radius 1 is 1.39 bits per heavy atom. The zero-order valence-corrected chi connectivity index (χ0v) is 11.1. The fourth-order valence-electron chi connectivity index (χ4n) is 1.44. The molecule has 0 aliphatic carbocycles. The largest absolute Gasteiger partial charge is 0.496 e. The minimum Gasteiger partial charge on any atom is -0.496 e. The van der Waals surface area contributed by atoms with E-state index < -0.39 is 0 Å². The number of aryl methyl sites for hydroxylation is 1. The predicted molar refractivity (Wildman–Crippen MR) is 74.2 cm³/mol. The third-order valence-electron chi connectivity index (χ3n) is 2.50. The molecular formula is C14H19N3O. The highest BCUT2D eigenvalue weighted by atomic mass is 16.5. The Hall–Kier alpha value is -2.10. The van der Waals surface area contributed by atoms with Crippen LogP contribution in [0.1, 0.15) is 18.5 Å². The summed E-state index contributed by atoms with van der Waals surface area (Å²) in [5.74, 6) is 0.873. The highest BCUT2D eigenvalue weighted by Gasteiger charge is 2.06. The summed E-state index contributed by atoms with van der Waals surface area (Å²) in [7, 11) is 3.60. The number of hydrogen-bond donors (Lipinski definition) is 0. The first-order chi connectivity index (χ1) is 8.69. The normalized spacial score (nSPS) is 11.1. The molecule has 1 aromatic carbocycles. The Labute approximate surface area is 108 Å². The van der Waals surface area contributed by atoms with Crippen LogP contribution in [0.4, 0.5) is 0 Å². The van der Waals surface area contributed by atoms with Crippen LogP contribution in [0.5, 0.6) is 5.75 Å². The van der Waals surface area contributed by atoms with Crippen LogP contribution in [0.2, 0.25) is 0 Å². The molecule has 1 heterocycles. The first kappa shape index (κ1) is 14.0. The van der Waals surface area contributed by atoms with Gasteiger partial charge in [-0.3, -0.25) is 4.99 Å². The third kappa shape index (κ3) is 4.05. The number of aliphatic imine (C=N–C) groups is 1. The average Bonchev–Trinajstić information content (AvgIpc) is 2.89. The monoisotopic (exact) mass is 245 g/mol. The highest BCUT2D eigenvalue weighted by Crippen LogP contribution is 2.26. The minimum atomic E-state index is 0.0983. The summed E-state index contributed by atoms with van der Waals surface area (Å²) in [4.78, 5) is 7.72. The molecule has 4 heteroatoms. The summed E-state index contributed by atoms with van der Waals surface area (Å²) < 4.78 is 7.07. The molecule has 0 aliphatic rings. The van der Waals surface area contributed by atoms with Gasteiger partial charge in [-0.1, -0.05) is 18.2 Å². The fraction of sp³-hybridized carbons (Fsp3) is 0.286. The molecule has 0 spiro atoms. The molecule has 1 aromatic heterocycles. The van der Waals surface area contributed by atoms with Crippen molar-refractivity contribution in [2.45, 2.75) is 13.0 Å². The molecule has 4 nitrogen and oxygen atoms in total. The zero-order chi connectivity index (χ0) is 13.4. The molecule has 2 aromatic rings. The summed E-state index contributed by atoms with van der Waals surface area (Å²) >= 11 is 0. The molecular weight excluding hydrogens is 226 g/mol. The van der Waals surface area contributed by atoms with Gasteiger partial charge in [-0.25, -0.2) is 4.98 Å². The SMILES string of the molecule is C=NC(C)c1ccccc1OC.Cn1ccnc1. The summed E-state index contributed by atoms with van der Waals surface area (Å²) in [5.41, 5.74) is 1.08. The van der Waals surface area contributed by atoms with Crippen LogP contribution in [0, 0.1) is 0 Å². The van der Waals surface area contributed by atoms with Gasteiger partial charge in [-0.05, 0) is 19.7 Å². The van der Waals surface area contributed by atoms with Gasteiger partial charge in [0.25, 0.3) is 0 Å². The van der Waals surface area contributed by atoms with Gasteiger partial charge >= 0.3 is 0 Å². The van der Waals surface area contributed by atoms with Gasteiger partial charge in [-0.15, -0.1) is 0 Å². The van der Waals surface area contributed by atoms with Gasteiger partial charge in [0.05, 0.1) is 19.5 Å². The molecule has 0 bridgehead atoms. The van der Waals surface area contributed by atoms with E-state index in [4.69, 9.17) is 4.74 Å². The van der Waals surface area contributed by atoms with Crippen LogP contribution in [-0.4, -0.2) is 23.4 Å². The number of ether oxygens (including phenoxy) is 1. The Morgan fingerprint density at radius 3 is 2.56 bits per heavy atom. The Bertz CT molecular complexity index is 466. The van der Waals surface area contributed by atoms with E-state index in [1.54, 1.807) is 19.6 Å². The number of hydrogen-bond acceptors (Lipinski definition) is 3. The highest BCUT2D eigenvalue weighted by molar-refractivity contribution is 5.37. The van der Waals surface area contributed by atoms with Crippen molar-refractivity contribution in [3.8, 4) is 5.75 Å². The van der Waals surface area contributed by atoms with Crippen molar-refractivity contribution in [3.63, 3.8) is 0 Å². The Kier molecular flexibility index (Phi) is 5.64. The Balaban J connectivity index is 0.000000225. The predicted octanol–water partition coefficient (Wildman–Crippen LogP) is 2.88. The van der Waals surface area contributed by atoms with Crippen molar-refractivity contribution in [3.05, 3.63) is 48.5 Å². The lowest BCUT2D eigenvalue weighted by atomic mass is 10.1. The molecule has 2 rings (SSSR count). The smallest absolute Gasteiger partial charge is 0.124 e. The lowest BCUT2D eigenvalue weighted by molar-refractivity contribution is 0.407. The number of methoxy groups -OCH3 is 1. The van der Waals surface area contributed by atoms with E-state index >= 15 is 0 Å². The molecule has 0 saturated carbocycles. The number of benzene rings is 1. The quantitative estimate of drug-likeness (QED) is 0.780. The number of aromatic nitrogens is 2. The second-order valence-corrected chi connectivity index (χ2v) is 3.83. The second-order valence-electron chi connectivity index (χ2n) is 3.83. The van der Waals surface area contributed by atoms with Crippen molar-refractivity contribution in [2.75, 3.05) is 7.11 Å². The van der Waals surface area contributed by atoms with E-state index in [9.17, 15) is 0 Å². The number of rotatable bonds is 3. The van der Waals surface area contributed by atoms with Crippen LogP contribution in [0.3, 0.4) is 0 Å². The van der Waals surface area contributed by atoms with E-state index in [1.165, 1.54) is 0 Å². The van der Waals surface area contributed by atoms with Crippen molar-refractivity contribution in [1.29, 1.82) is 0 Å². The first-order valence-electron chi connectivity index (χ1n) is 5.69. The summed E-state index contributed by atoms with van der Waals surface area (Å²) in [6.07, 6.45) is 5.39. The lowest BCUT2D eigenvalue weighted by Gasteiger charge is -2.10. The standard InChI is InChI=1S/C10H13NO.C4H6N2/c1-8(11-2)9-6-4-5-7-10(9)12-3;1-6-3-2-5-4-6/h4-8H,2H2,1,3H3;2-4H,1H3. The molecule has 18 heavy (non-hydrogen) atoms. The lowest BCUT2D eigenvalue weighted by Crippen LogP contribution is -1.93. The van der Waals surface area contributed by atoms with E-state index in [1.807, 2.05) is 49.0 Å². The maximum Gasteiger partial charge on any atom is 0.124 e. The van der Waals surface area contributed by atoms with E-state index in [2.05, 4.69) is 16.7 Å². The number of nitrogens with zero attached hydrogens (tertiary/aromatic N) is 3. The van der Waals surface area contributed by atoms with Gasteiger partial charge in [0.15, 0.2) is 0 Å². The first-order valence-corrected chi connectivity index (χ1v) is 5.69. The Morgan fingerprint density at radius 2 is 2.11 bits per heavy atom. The third-order valence-corrected chi connectivity index (χ3v) is 2.50. The van der Waals surface area contributed by atoms with Crippen LogP contribution in [0.15, 0.2) is 48.0 Å². The van der Waals surface area contributed by atoms with Gasteiger partial charge in [-0.2, -0.15) is 0 Å². The second kappa shape index (κ2) is 7.27. The van der Waals surface area contributed by atoms with E-state index in [0.717, 1.165) is 11.3 Å². The van der Waals surface area contributed by atoms with E-state index in [-0.39, 0.29) is 6.04 Å². The number of para-hydroxylation sites is 1. The fourth-order valence-corrected chi connectivity index (χ4v) is 1.44. The summed E-state index contributed by atoms with van der Waals surface area (Å²) in [5, 5.41) is 0. The van der Waals surface area contributed by atoms with Gasteiger partial charge in [0.2, 0.25) is 0 Å². The molecule has 0 N–H and O–H groups in total. The molecule has 1 unspecified atom stereocenters. The van der Waals surface area contributed by atoms with Gasteiger partial charge in [0, 0.05) is 25.0 Å². The molecule has 0 saturated heterocycles. The molecule has 0 radical (unpaired) electrons. The summed E-state index contributed by atoms with van der Waals surface area (Å²) in [6.45, 7) is 5.50. The van der Waals surface area contributed by atoms with Crippen LogP contribution in [-0.2, 0) is 7.05 Å². The summed E-state index contributed by atoms with van der Waals surface area (Å²) in [6, 6.07) is 7.94. The minimum absolute atomic E-state index is 0.0983. The van der Waals surface area contributed by atoms with Gasteiger partial charge < -0.3 is 9.30 Å². The number of imidazole rings is 1. The molecule has 1 atom stereocenters. The average molecular weight is 245 g/mol. The van der Waals surface area contributed by atoms with Crippen molar-refractivity contribution in [1.82, 2.24) is 9.55 Å².